The van der Waals surface area contributed by atoms with Crippen LogP contribution >= 0.6 is 11.3 Å². The van der Waals surface area contributed by atoms with Crippen LogP contribution in [0.3, 0.4) is 0 Å². The summed E-state index contributed by atoms with van der Waals surface area (Å²) < 4.78 is 7.80. The van der Waals surface area contributed by atoms with Gasteiger partial charge in [-0.25, -0.2) is 9.97 Å². The minimum Gasteiger partial charge on any atom is -0.441 e. The SMILES string of the molecule is Cc1ccc(-c2cnc(CCC(=O)Nc3ccc(-c4cn5ccsc5n4)cc3)o2)cc1. The van der Waals surface area contributed by atoms with Crippen LogP contribution in [0, 0.1) is 6.92 Å². The van der Waals surface area contributed by atoms with Gasteiger partial charge in [-0.1, -0.05) is 42.0 Å². The quantitative estimate of drug-likeness (QED) is 0.382. The highest BCUT2D eigenvalue weighted by Crippen LogP contribution is 2.24. The molecule has 0 bridgehead atoms. The Morgan fingerprint density at radius 1 is 1.10 bits per heavy atom. The molecule has 0 saturated heterocycles. The molecule has 1 N–H and O–H groups in total. The van der Waals surface area contributed by atoms with Crippen LogP contribution in [-0.2, 0) is 11.2 Å². The molecule has 0 radical (unpaired) electrons. The zero-order valence-electron chi connectivity index (χ0n) is 16.9. The second-order valence-electron chi connectivity index (χ2n) is 7.33. The summed E-state index contributed by atoms with van der Waals surface area (Å²) in [5, 5.41) is 4.93. The molecule has 2 aromatic carbocycles. The van der Waals surface area contributed by atoms with Crippen molar-refractivity contribution in [3.63, 3.8) is 0 Å². The van der Waals surface area contributed by atoms with E-state index in [4.69, 9.17) is 4.42 Å². The van der Waals surface area contributed by atoms with E-state index < -0.39 is 0 Å². The predicted octanol–water partition coefficient (Wildman–Crippen LogP) is 5.60. The van der Waals surface area contributed by atoms with Gasteiger partial charge in [-0.3, -0.25) is 9.20 Å². The zero-order chi connectivity index (χ0) is 21.2. The molecule has 0 spiro atoms. The van der Waals surface area contributed by atoms with Gasteiger partial charge in [0.2, 0.25) is 5.91 Å². The van der Waals surface area contributed by atoms with Crippen molar-refractivity contribution in [3.05, 3.63) is 84.0 Å². The Bertz CT molecular complexity index is 1300. The average molecular weight is 429 g/mol. The molecule has 3 aromatic heterocycles. The summed E-state index contributed by atoms with van der Waals surface area (Å²) in [6.07, 6.45) is 6.44. The third-order valence-electron chi connectivity index (χ3n) is 5.01. The number of amides is 1. The van der Waals surface area contributed by atoms with E-state index in [-0.39, 0.29) is 5.91 Å². The number of carbonyl (C=O) groups excluding carboxylic acids is 1. The molecule has 154 valence electrons. The van der Waals surface area contributed by atoms with E-state index in [2.05, 4.69) is 15.3 Å². The van der Waals surface area contributed by atoms with Crippen molar-refractivity contribution >= 4 is 27.9 Å². The summed E-state index contributed by atoms with van der Waals surface area (Å²) in [7, 11) is 0. The Morgan fingerprint density at radius 2 is 1.87 bits per heavy atom. The zero-order valence-corrected chi connectivity index (χ0v) is 17.7. The standard InChI is InChI=1S/C24H20N4O2S/c1-16-2-4-18(5-3-16)21-14-25-23(30-21)11-10-22(29)26-19-8-6-17(7-9-19)20-15-28-12-13-31-24(28)27-20/h2-9,12-15H,10-11H2,1H3,(H,26,29). The molecule has 0 unspecified atom stereocenters. The molecule has 0 aliphatic rings. The van der Waals surface area contributed by atoms with E-state index in [1.54, 1.807) is 17.5 Å². The van der Waals surface area contributed by atoms with Gasteiger partial charge in [-0.15, -0.1) is 11.3 Å². The molecule has 31 heavy (non-hydrogen) atoms. The molecular weight excluding hydrogens is 408 g/mol. The van der Waals surface area contributed by atoms with Crippen molar-refractivity contribution in [1.29, 1.82) is 0 Å². The highest BCUT2D eigenvalue weighted by molar-refractivity contribution is 7.15. The van der Waals surface area contributed by atoms with Crippen LogP contribution in [-0.4, -0.2) is 20.3 Å². The first-order valence-corrected chi connectivity index (χ1v) is 10.9. The Balaban J connectivity index is 1.17. The van der Waals surface area contributed by atoms with Gasteiger partial charge in [0.05, 0.1) is 11.9 Å². The maximum absolute atomic E-state index is 12.3. The smallest absolute Gasteiger partial charge is 0.224 e. The average Bonchev–Trinajstić information content (AvgIpc) is 3.50. The van der Waals surface area contributed by atoms with Crippen molar-refractivity contribution in [2.45, 2.75) is 19.8 Å². The lowest BCUT2D eigenvalue weighted by Crippen LogP contribution is -2.12. The van der Waals surface area contributed by atoms with Gasteiger partial charge in [-0.2, -0.15) is 0 Å². The maximum Gasteiger partial charge on any atom is 0.224 e. The predicted molar refractivity (Wildman–Crippen MR) is 122 cm³/mol. The molecule has 7 heteroatoms. The van der Waals surface area contributed by atoms with E-state index >= 15 is 0 Å². The minimum absolute atomic E-state index is 0.0784. The van der Waals surface area contributed by atoms with Crippen molar-refractivity contribution in [3.8, 4) is 22.6 Å². The van der Waals surface area contributed by atoms with Crippen LogP contribution in [0.2, 0.25) is 0 Å². The first-order valence-electron chi connectivity index (χ1n) is 9.98. The summed E-state index contributed by atoms with van der Waals surface area (Å²) in [4.78, 5) is 22.2. The van der Waals surface area contributed by atoms with E-state index in [0.29, 0.717) is 24.5 Å². The van der Waals surface area contributed by atoms with Crippen molar-refractivity contribution in [1.82, 2.24) is 14.4 Å². The number of thiazole rings is 1. The van der Waals surface area contributed by atoms with Gasteiger partial charge in [0.1, 0.15) is 0 Å². The van der Waals surface area contributed by atoms with Crippen LogP contribution in [0.4, 0.5) is 5.69 Å². The number of fused-ring (bicyclic) bond motifs is 1. The van der Waals surface area contributed by atoms with Crippen molar-refractivity contribution in [2.24, 2.45) is 0 Å². The van der Waals surface area contributed by atoms with Gasteiger partial charge in [-0.05, 0) is 19.1 Å². The van der Waals surface area contributed by atoms with Crippen LogP contribution in [0.1, 0.15) is 17.9 Å². The first-order chi connectivity index (χ1) is 15.1. The Kier molecular flexibility index (Phi) is 5.09. The normalized spacial score (nSPS) is 11.1. The van der Waals surface area contributed by atoms with Crippen molar-refractivity contribution < 1.29 is 9.21 Å². The van der Waals surface area contributed by atoms with Crippen LogP contribution in [0.5, 0.6) is 0 Å². The third kappa shape index (κ3) is 4.27. The highest BCUT2D eigenvalue weighted by Gasteiger charge is 2.10. The second kappa shape index (κ2) is 8.20. The van der Waals surface area contributed by atoms with Gasteiger partial charge >= 0.3 is 0 Å². The lowest BCUT2D eigenvalue weighted by Gasteiger charge is -2.05. The lowest BCUT2D eigenvalue weighted by molar-refractivity contribution is -0.116. The van der Waals surface area contributed by atoms with E-state index in [1.807, 2.05) is 77.6 Å². The number of nitrogens with one attached hydrogen (secondary N) is 1. The number of rotatable bonds is 6. The summed E-state index contributed by atoms with van der Waals surface area (Å²) in [5.41, 5.74) is 4.85. The van der Waals surface area contributed by atoms with E-state index in [1.165, 1.54) is 5.56 Å². The fraction of sp³-hybridized carbons (Fsp3) is 0.125. The number of hydrogen-bond donors (Lipinski definition) is 1. The van der Waals surface area contributed by atoms with Gasteiger partial charge in [0, 0.05) is 47.4 Å². The molecule has 0 fully saturated rings. The molecule has 6 nitrogen and oxygen atoms in total. The van der Waals surface area contributed by atoms with Gasteiger partial charge in [0.25, 0.3) is 0 Å². The number of carbonyl (C=O) groups is 1. The molecule has 0 aliphatic carbocycles. The fourth-order valence-corrected chi connectivity index (χ4v) is 4.01. The highest BCUT2D eigenvalue weighted by atomic mass is 32.1. The first kappa shape index (κ1) is 19.3. The molecular formula is C24H20N4O2S. The molecule has 3 heterocycles. The third-order valence-corrected chi connectivity index (χ3v) is 5.78. The Morgan fingerprint density at radius 3 is 2.65 bits per heavy atom. The number of anilines is 1. The summed E-state index contributed by atoms with van der Waals surface area (Å²) >= 11 is 1.60. The van der Waals surface area contributed by atoms with Crippen molar-refractivity contribution in [2.75, 3.05) is 5.32 Å². The number of hydrogen-bond acceptors (Lipinski definition) is 5. The summed E-state index contributed by atoms with van der Waals surface area (Å²) in [6, 6.07) is 15.8. The number of nitrogens with zero attached hydrogens (tertiary/aromatic N) is 3. The summed E-state index contributed by atoms with van der Waals surface area (Å²) in [5.74, 6) is 1.19. The number of benzene rings is 2. The largest absolute Gasteiger partial charge is 0.441 e. The van der Waals surface area contributed by atoms with Gasteiger partial charge in [0.15, 0.2) is 16.6 Å². The van der Waals surface area contributed by atoms with Gasteiger partial charge < -0.3 is 9.73 Å². The van der Waals surface area contributed by atoms with E-state index in [9.17, 15) is 4.79 Å². The Labute approximate surface area is 183 Å². The second-order valence-corrected chi connectivity index (χ2v) is 8.20. The molecule has 0 atom stereocenters. The van der Waals surface area contributed by atoms with E-state index in [0.717, 1.165) is 27.5 Å². The minimum atomic E-state index is -0.0784. The summed E-state index contributed by atoms with van der Waals surface area (Å²) in [6.45, 7) is 2.04. The van der Waals surface area contributed by atoms with Crippen LogP contribution in [0.25, 0.3) is 27.5 Å². The number of imidazole rings is 1. The fourth-order valence-electron chi connectivity index (χ4n) is 3.31. The van der Waals surface area contributed by atoms with Crippen LogP contribution in [0.15, 0.2) is 76.9 Å². The molecule has 1 amide bonds. The monoisotopic (exact) mass is 428 g/mol. The topological polar surface area (TPSA) is 72.4 Å². The maximum atomic E-state index is 12.3. The lowest BCUT2D eigenvalue weighted by atomic mass is 10.1. The number of aromatic nitrogens is 3. The number of aryl methyl sites for hydroxylation is 2. The molecule has 5 aromatic rings. The Hall–Kier alpha value is -3.71. The molecule has 0 saturated carbocycles. The molecule has 5 rings (SSSR count). The van der Waals surface area contributed by atoms with Crippen LogP contribution < -0.4 is 5.32 Å². The molecule has 0 aliphatic heterocycles. The number of oxazole rings is 1.